The van der Waals surface area contributed by atoms with Gasteiger partial charge in [0, 0.05) is 19.3 Å². The lowest BCUT2D eigenvalue weighted by atomic mass is 10.1. The first-order valence-corrected chi connectivity index (χ1v) is 11.0. The van der Waals surface area contributed by atoms with Gasteiger partial charge in [-0.1, -0.05) is 12.1 Å². The zero-order valence-corrected chi connectivity index (χ0v) is 16.9. The summed E-state index contributed by atoms with van der Waals surface area (Å²) in [6.45, 7) is 4.23. The van der Waals surface area contributed by atoms with E-state index in [1.165, 1.54) is 30.5 Å². The molecule has 0 radical (unpaired) electrons. The third-order valence-electron chi connectivity index (χ3n) is 3.84. The summed E-state index contributed by atoms with van der Waals surface area (Å²) in [6, 6.07) is 12.7. The molecule has 2 aromatic rings. The van der Waals surface area contributed by atoms with E-state index in [1.54, 1.807) is 24.3 Å². The minimum atomic E-state index is -3.20. The van der Waals surface area contributed by atoms with E-state index in [1.807, 2.05) is 6.92 Å². The molecule has 152 valence electrons. The average molecular weight is 408 g/mol. The van der Waals surface area contributed by atoms with E-state index in [2.05, 4.69) is 15.6 Å². The molecule has 0 aromatic heterocycles. The number of halogens is 1. The van der Waals surface area contributed by atoms with Crippen molar-refractivity contribution in [3.05, 3.63) is 59.9 Å². The lowest BCUT2D eigenvalue weighted by Crippen LogP contribution is -2.39. The highest BCUT2D eigenvalue weighted by Gasteiger charge is 2.06. The van der Waals surface area contributed by atoms with Crippen LogP contribution in [0.1, 0.15) is 12.5 Å². The van der Waals surface area contributed by atoms with Gasteiger partial charge >= 0.3 is 0 Å². The SMILES string of the molecule is CCNC(=NCCc1ccc(F)cc1)NCCOc1ccc(S(C)(=O)=O)cc1. The van der Waals surface area contributed by atoms with E-state index in [4.69, 9.17) is 4.74 Å². The quantitative estimate of drug-likeness (QED) is 0.379. The molecule has 0 heterocycles. The van der Waals surface area contributed by atoms with E-state index >= 15 is 0 Å². The number of hydrogen-bond donors (Lipinski definition) is 2. The van der Waals surface area contributed by atoms with E-state index in [0.717, 1.165) is 18.5 Å². The number of nitrogens with one attached hydrogen (secondary N) is 2. The minimum Gasteiger partial charge on any atom is -0.492 e. The molecule has 2 aromatic carbocycles. The normalized spacial score (nSPS) is 11.9. The first-order valence-electron chi connectivity index (χ1n) is 9.08. The zero-order valence-electron chi connectivity index (χ0n) is 16.1. The number of sulfone groups is 1. The maximum Gasteiger partial charge on any atom is 0.191 e. The maximum atomic E-state index is 12.9. The van der Waals surface area contributed by atoms with Crippen molar-refractivity contribution in [1.82, 2.24) is 10.6 Å². The monoisotopic (exact) mass is 407 g/mol. The second-order valence-corrected chi connectivity index (χ2v) is 8.17. The summed E-state index contributed by atoms with van der Waals surface area (Å²) in [4.78, 5) is 4.76. The van der Waals surface area contributed by atoms with Gasteiger partial charge in [-0.25, -0.2) is 12.8 Å². The summed E-state index contributed by atoms with van der Waals surface area (Å²) in [7, 11) is -3.20. The first kappa shape index (κ1) is 21.7. The third-order valence-corrected chi connectivity index (χ3v) is 4.97. The van der Waals surface area contributed by atoms with Crippen molar-refractivity contribution >= 4 is 15.8 Å². The molecule has 6 nitrogen and oxygen atoms in total. The molecule has 0 aliphatic heterocycles. The number of ether oxygens (including phenoxy) is 1. The van der Waals surface area contributed by atoms with Crippen LogP contribution in [0.2, 0.25) is 0 Å². The number of nitrogens with zero attached hydrogens (tertiary/aromatic N) is 1. The molecule has 0 unspecified atom stereocenters. The Balaban J connectivity index is 1.76. The van der Waals surface area contributed by atoms with Crippen molar-refractivity contribution in [2.24, 2.45) is 4.99 Å². The van der Waals surface area contributed by atoms with E-state index in [-0.39, 0.29) is 10.7 Å². The molecule has 2 N–H and O–H groups in total. The summed E-state index contributed by atoms with van der Waals surface area (Å²) in [5.74, 6) is 1.04. The Morgan fingerprint density at radius 2 is 1.75 bits per heavy atom. The second kappa shape index (κ2) is 10.7. The van der Waals surface area contributed by atoms with Gasteiger partial charge in [0.25, 0.3) is 0 Å². The standard InChI is InChI=1S/C20H26FN3O3S/c1-3-22-20(23-13-12-16-4-6-17(21)7-5-16)24-14-15-27-18-8-10-19(11-9-18)28(2,25)26/h4-11H,3,12-15H2,1-2H3,(H2,22,23,24). The molecule has 0 bridgehead atoms. The lowest BCUT2D eigenvalue weighted by Gasteiger charge is -2.12. The van der Waals surface area contributed by atoms with Gasteiger partial charge in [0.15, 0.2) is 15.8 Å². The van der Waals surface area contributed by atoms with Crippen molar-refractivity contribution < 1.29 is 17.5 Å². The molecule has 8 heteroatoms. The van der Waals surface area contributed by atoms with Crippen molar-refractivity contribution in [2.75, 3.05) is 32.5 Å². The van der Waals surface area contributed by atoms with Crippen molar-refractivity contribution in [1.29, 1.82) is 0 Å². The van der Waals surface area contributed by atoms with Gasteiger partial charge < -0.3 is 15.4 Å². The number of aliphatic imine (C=N–C) groups is 1. The fourth-order valence-electron chi connectivity index (χ4n) is 2.41. The topological polar surface area (TPSA) is 79.8 Å². The Hall–Kier alpha value is -2.61. The number of guanidine groups is 1. The lowest BCUT2D eigenvalue weighted by molar-refractivity contribution is 0.321. The van der Waals surface area contributed by atoms with Crippen LogP contribution in [-0.2, 0) is 16.3 Å². The van der Waals surface area contributed by atoms with Crippen LogP contribution < -0.4 is 15.4 Å². The van der Waals surface area contributed by atoms with Crippen molar-refractivity contribution in [3.63, 3.8) is 0 Å². The Morgan fingerprint density at radius 3 is 2.36 bits per heavy atom. The fraction of sp³-hybridized carbons (Fsp3) is 0.350. The van der Waals surface area contributed by atoms with Crippen LogP contribution in [-0.4, -0.2) is 46.9 Å². The van der Waals surface area contributed by atoms with Gasteiger partial charge in [0.2, 0.25) is 0 Å². The predicted molar refractivity (Wildman–Crippen MR) is 109 cm³/mol. The number of rotatable bonds is 9. The molecular formula is C20H26FN3O3S. The van der Waals surface area contributed by atoms with Gasteiger partial charge in [0.1, 0.15) is 18.2 Å². The number of benzene rings is 2. The molecule has 0 amide bonds. The van der Waals surface area contributed by atoms with Crippen molar-refractivity contribution in [2.45, 2.75) is 18.2 Å². The summed E-state index contributed by atoms with van der Waals surface area (Å²) < 4.78 is 41.4. The summed E-state index contributed by atoms with van der Waals surface area (Å²) >= 11 is 0. The van der Waals surface area contributed by atoms with Crippen LogP contribution in [0.5, 0.6) is 5.75 Å². The van der Waals surface area contributed by atoms with Gasteiger partial charge in [-0.2, -0.15) is 0 Å². The van der Waals surface area contributed by atoms with Crippen LogP contribution in [0, 0.1) is 5.82 Å². The molecule has 0 fully saturated rings. The highest BCUT2D eigenvalue weighted by molar-refractivity contribution is 7.90. The Kier molecular flexibility index (Phi) is 8.25. The van der Waals surface area contributed by atoms with Gasteiger partial charge in [-0.3, -0.25) is 4.99 Å². The molecule has 0 spiro atoms. The van der Waals surface area contributed by atoms with Gasteiger partial charge in [-0.05, 0) is 55.3 Å². The summed E-state index contributed by atoms with van der Waals surface area (Å²) in [5.41, 5.74) is 1.03. The van der Waals surface area contributed by atoms with E-state index < -0.39 is 9.84 Å². The summed E-state index contributed by atoms with van der Waals surface area (Å²) in [6.07, 6.45) is 1.89. The molecule has 0 aliphatic carbocycles. The second-order valence-electron chi connectivity index (χ2n) is 6.16. The van der Waals surface area contributed by atoms with Crippen LogP contribution >= 0.6 is 0 Å². The van der Waals surface area contributed by atoms with Crippen LogP contribution in [0.3, 0.4) is 0 Å². The minimum absolute atomic E-state index is 0.242. The maximum absolute atomic E-state index is 12.9. The van der Waals surface area contributed by atoms with Gasteiger partial charge in [-0.15, -0.1) is 0 Å². The molecule has 0 saturated heterocycles. The molecule has 2 rings (SSSR count). The van der Waals surface area contributed by atoms with Crippen LogP contribution in [0.25, 0.3) is 0 Å². The van der Waals surface area contributed by atoms with Crippen LogP contribution in [0.15, 0.2) is 58.4 Å². The fourth-order valence-corrected chi connectivity index (χ4v) is 3.04. The zero-order chi connectivity index (χ0) is 20.4. The largest absolute Gasteiger partial charge is 0.492 e. The number of hydrogen-bond acceptors (Lipinski definition) is 4. The summed E-state index contributed by atoms with van der Waals surface area (Å²) in [5, 5.41) is 6.34. The molecule has 28 heavy (non-hydrogen) atoms. The Bertz CT molecular complexity index is 867. The smallest absolute Gasteiger partial charge is 0.191 e. The average Bonchev–Trinajstić information content (AvgIpc) is 2.66. The molecule has 0 atom stereocenters. The van der Waals surface area contributed by atoms with E-state index in [9.17, 15) is 12.8 Å². The van der Waals surface area contributed by atoms with Gasteiger partial charge in [0.05, 0.1) is 11.4 Å². The highest BCUT2D eigenvalue weighted by atomic mass is 32.2. The third kappa shape index (κ3) is 7.56. The highest BCUT2D eigenvalue weighted by Crippen LogP contribution is 2.15. The first-order chi connectivity index (χ1) is 13.4. The Labute approximate surface area is 165 Å². The predicted octanol–water partition coefficient (Wildman–Crippen LogP) is 2.41. The molecular weight excluding hydrogens is 381 g/mol. The molecule has 0 saturated carbocycles. The Morgan fingerprint density at radius 1 is 1.07 bits per heavy atom. The van der Waals surface area contributed by atoms with E-state index in [0.29, 0.717) is 31.4 Å². The molecule has 0 aliphatic rings. The van der Waals surface area contributed by atoms with Crippen LogP contribution in [0.4, 0.5) is 4.39 Å². The van der Waals surface area contributed by atoms with Crippen molar-refractivity contribution in [3.8, 4) is 5.75 Å².